The summed E-state index contributed by atoms with van der Waals surface area (Å²) in [5.74, 6) is 0.767. The minimum absolute atomic E-state index is 0.159. The fourth-order valence-electron chi connectivity index (χ4n) is 1.72. The summed E-state index contributed by atoms with van der Waals surface area (Å²) in [7, 11) is -1.04. The zero-order valence-corrected chi connectivity index (χ0v) is 13.6. The van der Waals surface area contributed by atoms with Crippen molar-refractivity contribution >= 4 is 15.5 Å². The fourth-order valence-corrected chi connectivity index (χ4v) is 2.33. The smallest absolute Gasteiger partial charge is 0.149 e. The van der Waals surface area contributed by atoms with Crippen LogP contribution in [0.2, 0.25) is 0 Å². The number of pyridine rings is 1. The Morgan fingerprint density at radius 1 is 1.40 bits per heavy atom. The van der Waals surface area contributed by atoms with E-state index in [0.29, 0.717) is 12.5 Å². The fraction of sp³-hybridized carbons (Fsp3) is 0.643. The van der Waals surface area contributed by atoms with Crippen LogP contribution in [-0.4, -0.2) is 45.5 Å². The van der Waals surface area contributed by atoms with Crippen molar-refractivity contribution in [3.05, 3.63) is 24.0 Å². The van der Waals surface area contributed by atoms with Crippen molar-refractivity contribution in [1.82, 2.24) is 10.3 Å². The van der Waals surface area contributed by atoms with Crippen LogP contribution in [0.1, 0.15) is 19.5 Å². The molecule has 0 aromatic carbocycles. The Morgan fingerprint density at radius 2 is 2.10 bits per heavy atom. The topological polar surface area (TPSA) is 62.3 Å². The van der Waals surface area contributed by atoms with Crippen LogP contribution in [0.5, 0.6) is 0 Å². The third-order valence-electron chi connectivity index (χ3n) is 2.90. The molecule has 0 atom stereocenters. The first-order valence-electron chi connectivity index (χ1n) is 6.82. The first kappa shape index (κ1) is 16.9. The van der Waals surface area contributed by atoms with E-state index >= 15 is 0 Å². The van der Waals surface area contributed by atoms with Crippen molar-refractivity contribution in [3.8, 4) is 0 Å². The van der Waals surface area contributed by atoms with Crippen molar-refractivity contribution < 1.29 is 8.42 Å². The SMILES string of the molecule is CC(C)CNCc1cc(N(C)CCS(C)(=O)=O)ccn1. The van der Waals surface area contributed by atoms with Crippen LogP contribution in [0.25, 0.3) is 0 Å². The zero-order chi connectivity index (χ0) is 15.2. The summed E-state index contributed by atoms with van der Waals surface area (Å²) in [6, 6.07) is 3.89. The molecule has 5 nitrogen and oxygen atoms in total. The minimum Gasteiger partial charge on any atom is -0.373 e. The lowest BCUT2D eigenvalue weighted by Crippen LogP contribution is -2.25. The lowest BCUT2D eigenvalue weighted by Gasteiger charge is -2.19. The Balaban J connectivity index is 2.58. The van der Waals surface area contributed by atoms with E-state index < -0.39 is 9.84 Å². The molecule has 0 unspecified atom stereocenters. The number of rotatable bonds is 8. The summed E-state index contributed by atoms with van der Waals surface area (Å²) in [6.07, 6.45) is 3.02. The molecule has 0 aliphatic carbocycles. The predicted molar refractivity (Wildman–Crippen MR) is 83.8 cm³/mol. The average Bonchev–Trinajstić information content (AvgIpc) is 2.35. The monoisotopic (exact) mass is 299 g/mol. The van der Waals surface area contributed by atoms with Crippen molar-refractivity contribution in [1.29, 1.82) is 0 Å². The highest BCUT2D eigenvalue weighted by molar-refractivity contribution is 7.90. The van der Waals surface area contributed by atoms with E-state index in [9.17, 15) is 8.42 Å². The Morgan fingerprint density at radius 3 is 2.70 bits per heavy atom. The third kappa shape index (κ3) is 6.86. The summed E-state index contributed by atoms with van der Waals surface area (Å²) < 4.78 is 22.4. The van der Waals surface area contributed by atoms with Gasteiger partial charge < -0.3 is 10.2 Å². The van der Waals surface area contributed by atoms with Crippen LogP contribution in [0, 0.1) is 5.92 Å². The first-order chi connectivity index (χ1) is 9.28. The number of hydrogen-bond acceptors (Lipinski definition) is 5. The number of aromatic nitrogens is 1. The van der Waals surface area contributed by atoms with Crippen molar-refractivity contribution in [2.24, 2.45) is 5.92 Å². The van der Waals surface area contributed by atoms with Gasteiger partial charge in [-0.15, -0.1) is 0 Å². The average molecular weight is 299 g/mol. The summed E-state index contributed by atoms with van der Waals surface area (Å²) in [4.78, 5) is 6.26. The number of hydrogen-bond donors (Lipinski definition) is 1. The first-order valence-corrected chi connectivity index (χ1v) is 8.88. The van der Waals surface area contributed by atoms with Crippen LogP contribution in [0.4, 0.5) is 5.69 Å². The van der Waals surface area contributed by atoms with Crippen LogP contribution in [-0.2, 0) is 16.4 Å². The second-order valence-electron chi connectivity index (χ2n) is 5.58. The molecule has 6 heteroatoms. The molecule has 0 saturated carbocycles. The predicted octanol–water partition coefficient (Wildman–Crippen LogP) is 1.31. The molecule has 0 amide bonds. The second-order valence-corrected chi connectivity index (χ2v) is 7.84. The van der Waals surface area contributed by atoms with Crippen LogP contribution < -0.4 is 10.2 Å². The molecule has 0 saturated heterocycles. The van der Waals surface area contributed by atoms with Crippen molar-refractivity contribution in [3.63, 3.8) is 0 Å². The summed E-state index contributed by atoms with van der Waals surface area (Å²) in [6.45, 7) is 6.50. The van der Waals surface area contributed by atoms with Gasteiger partial charge in [0.15, 0.2) is 0 Å². The Labute approximate surface area is 122 Å². The molecule has 20 heavy (non-hydrogen) atoms. The normalized spacial score (nSPS) is 11.8. The number of anilines is 1. The van der Waals surface area contributed by atoms with Gasteiger partial charge in [0.2, 0.25) is 0 Å². The molecular formula is C14H25N3O2S. The second kappa shape index (κ2) is 7.59. The molecule has 1 rings (SSSR count). The molecule has 0 radical (unpaired) electrons. The van der Waals surface area contributed by atoms with Gasteiger partial charge in [0.1, 0.15) is 9.84 Å². The van der Waals surface area contributed by atoms with Crippen molar-refractivity contribution in [2.45, 2.75) is 20.4 Å². The van der Waals surface area contributed by atoms with E-state index in [4.69, 9.17) is 0 Å². The van der Waals surface area contributed by atoms with E-state index in [1.807, 2.05) is 24.1 Å². The van der Waals surface area contributed by atoms with Gasteiger partial charge >= 0.3 is 0 Å². The van der Waals surface area contributed by atoms with Crippen molar-refractivity contribution in [2.75, 3.05) is 37.0 Å². The highest BCUT2D eigenvalue weighted by atomic mass is 32.2. The lowest BCUT2D eigenvalue weighted by atomic mass is 10.2. The molecule has 0 spiro atoms. The third-order valence-corrected chi connectivity index (χ3v) is 3.82. The molecule has 1 aromatic rings. The summed E-state index contributed by atoms with van der Waals surface area (Å²) >= 11 is 0. The van der Waals surface area contributed by atoms with Gasteiger partial charge in [0.05, 0.1) is 11.4 Å². The Hall–Kier alpha value is -1.14. The molecule has 1 aromatic heterocycles. The Kier molecular flexibility index (Phi) is 6.42. The molecule has 1 N–H and O–H groups in total. The summed E-state index contributed by atoms with van der Waals surface area (Å²) in [5.41, 5.74) is 1.96. The van der Waals surface area contributed by atoms with E-state index in [2.05, 4.69) is 24.1 Å². The van der Waals surface area contributed by atoms with Crippen LogP contribution >= 0.6 is 0 Å². The molecule has 0 fully saturated rings. The molecule has 0 aliphatic rings. The van der Waals surface area contributed by atoms with E-state index in [-0.39, 0.29) is 5.75 Å². The number of sulfone groups is 1. The van der Waals surface area contributed by atoms with Gasteiger partial charge in [0, 0.05) is 38.3 Å². The standard InChI is InChI=1S/C14H25N3O2S/c1-12(2)10-15-11-13-9-14(5-6-16-13)17(3)7-8-20(4,18)19/h5-6,9,12,15H,7-8,10-11H2,1-4H3. The lowest BCUT2D eigenvalue weighted by molar-refractivity contribution is 0.548. The van der Waals surface area contributed by atoms with Gasteiger partial charge in [-0.1, -0.05) is 13.8 Å². The quantitative estimate of drug-likeness (QED) is 0.784. The largest absolute Gasteiger partial charge is 0.373 e. The highest BCUT2D eigenvalue weighted by Crippen LogP contribution is 2.12. The van der Waals surface area contributed by atoms with E-state index in [1.165, 1.54) is 6.26 Å². The number of nitrogens with one attached hydrogen (secondary N) is 1. The number of nitrogens with zero attached hydrogens (tertiary/aromatic N) is 2. The zero-order valence-electron chi connectivity index (χ0n) is 12.8. The van der Waals surface area contributed by atoms with Crippen LogP contribution in [0.3, 0.4) is 0 Å². The van der Waals surface area contributed by atoms with E-state index in [1.54, 1.807) is 6.20 Å². The Bertz CT molecular complexity index is 515. The molecule has 114 valence electrons. The van der Waals surface area contributed by atoms with Gasteiger partial charge in [0.25, 0.3) is 0 Å². The molecular weight excluding hydrogens is 274 g/mol. The molecule has 0 aliphatic heterocycles. The molecule has 0 bridgehead atoms. The maximum absolute atomic E-state index is 11.2. The summed E-state index contributed by atoms with van der Waals surface area (Å²) in [5, 5.41) is 3.35. The van der Waals surface area contributed by atoms with Gasteiger partial charge in [-0.3, -0.25) is 4.98 Å². The highest BCUT2D eigenvalue weighted by Gasteiger charge is 2.07. The maximum Gasteiger partial charge on any atom is 0.149 e. The van der Waals surface area contributed by atoms with Gasteiger partial charge in [-0.2, -0.15) is 0 Å². The van der Waals surface area contributed by atoms with Gasteiger partial charge in [-0.05, 0) is 24.6 Å². The van der Waals surface area contributed by atoms with Gasteiger partial charge in [-0.25, -0.2) is 8.42 Å². The van der Waals surface area contributed by atoms with Crippen LogP contribution in [0.15, 0.2) is 18.3 Å². The minimum atomic E-state index is -2.93. The molecule has 1 heterocycles. The maximum atomic E-state index is 11.2. The van der Waals surface area contributed by atoms with E-state index in [0.717, 1.165) is 24.5 Å².